The molecule has 1 saturated heterocycles. The summed E-state index contributed by atoms with van der Waals surface area (Å²) >= 11 is 0. The van der Waals surface area contributed by atoms with Crippen LogP contribution in [0.4, 0.5) is 0 Å². The zero-order chi connectivity index (χ0) is 19.3. The molecule has 2 amide bonds. The van der Waals surface area contributed by atoms with Gasteiger partial charge in [0.15, 0.2) is 11.5 Å². The Morgan fingerprint density at radius 1 is 1.19 bits per heavy atom. The number of piperidine rings is 1. The maximum absolute atomic E-state index is 12.5. The second kappa shape index (κ2) is 8.89. The maximum atomic E-state index is 12.5. The lowest BCUT2D eigenvalue weighted by Crippen LogP contribution is -2.49. The molecule has 0 radical (unpaired) electrons. The van der Waals surface area contributed by atoms with Crippen LogP contribution in [0.5, 0.6) is 11.5 Å². The van der Waals surface area contributed by atoms with E-state index in [0.29, 0.717) is 11.5 Å². The summed E-state index contributed by atoms with van der Waals surface area (Å²) < 4.78 is 10.5. The zero-order valence-corrected chi connectivity index (χ0v) is 16.2. The fraction of sp³-hybridized carbons (Fsp3) is 0.579. The third-order valence-corrected chi connectivity index (χ3v) is 5.01. The van der Waals surface area contributed by atoms with Gasteiger partial charge in [0.05, 0.1) is 20.3 Å². The molecule has 1 aliphatic heterocycles. The van der Waals surface area contributed by atoms with Gasteiger partial charge in [0, 0.05) is 13.1 Å². The molecule has 7 heteroatoms. The van der Waals surface area contributed by atoms with Gasteiger partial charge < -0.3 is 24.6 Å². The minimum Gasteiger partial charge on any atom is -0.493 e. The molecule has 1 fully saturated rings. The Balaban J connectivity index is 1.98. The first-order chi connectivity index (χ1) is 12.4. The van der Waals surface area contributed by atoms with Crippen LogP contribution in [0.1, 0.15) is 31.4 Å². The van der Waals surface area contributed by atoms with Crippen LogP contribution >= 0.6 is 0 Å². The van der Waals surface area contributed by atoms with Gasteiger partial charge in [0.2, 0.25) is 0 Å². The van der Waals surface area contributed by atoms with Crippen molar-refractivity contribution in [2.75, 3.05) is 41.4 Å². The third kappa shape index (κ3) is 4.66. The molecule has 1 aromatic carbocycles. The van der Waals surface area contributed by atoms with Crippen LogP contribution in [0.15, 0.2) is 18.2 Å². The molecule has 0 aromatic heterocycles. The summed E-state index contributed by atoms with van der Waals surface area (Å²) in [5.41, 5.74) is 0.839. The van der Waals surface area contributed by atoms with Crippen molar-refractivity contribution >= 4 is 11.8 Å². The van der Waals surface area contributed by atoms with Crippen LogP contribution in [0.25, 0.3) is 0 Å². The lowest BCUT2D eigenvalue weighted by atomic mass is 10.0. The summed E-state index contributed by atoms with van der Waals surface area (Å²) in [5, 5.41) is 2.78. The molecule has 1 heterocycles. The third-order valence-electron chi connectivity index (χ3n) is 5.01. The highest BCUT2D eigenvalue weighted by Gasteiger charge is 2.28. The Morgan fingerprint density at radius 2 is 1.81 bits per heavy atom. The molecule has 0 aliphatic carbocycles. The summed E-state index contributed by atoms with van der Waals surface area (Å²) in [6, 6.07) is 5.22. The number of likely N-dealkylation sites (N-methyl/N-ethyl adjacent to an activating group) is 1. The van der Waals surface area contributed by atoms with Crippen molar-refractivity contribution in [3.63, 3.8) is 0 Å². The van der Waals surface area contributed by atoms with E-state index in [2.05, 4.69) is 17.3 Å². The monoisotopic (exact) mass is 363 g/mol. The minimum atomic E-state index is -0.589. The quantitative estimate of drug-likeness (QED) is 0.802. The molecule has 0 bridgehead atoms. The molecule has 1 aliphatic rings. The van der Waals surface area contributed by atoms with Gasteiger partial charge in [-0.3, -0.25) is 9.59 Å². The molecular formula is C19H29N3O4. The maximum Gasteiger partial charge on any atom is 0.311 e. The second-order valence-electron chi connectivity index (χ2n) is 6.76. The molecule has 144 valence electrons. The normalized spacial score (nSPS) is 16.7. The summed E-state index contributed by atoms with van der Waals surface area (Å²) in [7, 11) is 6.90. The SMILES string of the molecule is COc1ccc(C(C)NC(=O)C(=O)N(C)C2CCN(C)CC2)cc1OC. The van der Waals surface area contributed by atoms with Gasteiger partial charge in [-0.1, -0.05) is 6.07 Å². The first-order valence-electron chi connectivity index (χ1n) is 8.85. The highest BCUT2D eigenvalue weighted by Crippen LogP contribution is 2.29. The van der Waals surface area contributed by atoms with E-state index in [9.17, 15) is 9.59 Å². The average molecular weight is 363 g/mol. The number of ether oxygens (including phenoxy) is 2. The van der Waals surface area contributed by atoms with E-state index >= 15 is 0 Å². The molecule has 1 aromatic rings. The van der Waals surface area contributed by atoms with Crippen LogP contribution in [-0.4, -0.2) is 69.1 Å². The van der Waals surface area contributed by atoms with E-state index in [-0.39, 0.29) is 12.1 Å². The number of hydrogen-bond donors (Lipinski definition) is 1. The predicted molar refractivity (Wildman–Crippen MR) is 99.4 cm³/mol. The lowest BCUT2D eigenvalue weighted by Gasteiger charge is -2.34. The van der Waals surface area contributed by atoms with Gasteiger partial charge in [-0.15, -0.1) is 0 Å². The number of likely N-dealkylation sites (tertiary alicyclic amines) is 1. The standard InChI is InChI=1S/C19H29N3O4/c1-13(14-6-7-16(25-4)17(12-14)26-5)20-18(23)19(24)22(3)15-8-10-21(2)11-9-15/h6-7,12-13,15H,8-11H2,1-5H3,(H,20,23). The highest BCUT2D eigenvalue weighted by atomic mass is 16.5. The van der Waals surface area contributed by atoms with Crippen molar-refractivity contribution in [1.29, 1.82) is 0 Å². The number of nitrogens with zero attached hydrogens (tertiary/aromatic N) is 2. The lowest BCUT2D eigenvalue weighted by molar-refractivity contribution is -0.147. The van der Waals surface area contributed by atoms with Crippen molar-refractivity contribution in [3.05, 3.63) is 23.8 Å². The number of amides is 2. The van der Waals surface area contributed by atoms with Gasteiger partial charge >= 0.3 is 11.8 Å². The van der Waals surface area contributed by atoms with Crippen LogP contribution in [0.2, 0.25) is 0 Å². The summed E-state index contributed by atoms with van der Waals surface area (Å²) in [6.07, 6.45) is 1.77. The number of methoxy groups -OCH3 is 2. The summed E-state index contributed by atoms with van der Waals surface area (Å²) in [4.78, 5) is 28.7. The van der Waals surface area contributed by atoms with Crippen LogP contribution in [-0.2, 0) is 9.59 Å². The molecule has 0 saturated carbocycles. The number of nitrogens with one attached hydrogen (secondary N) is 1. The fourth-order valence-corrected chi connectivity index (χ4v) is 3.17. The number of benzene rings is 1. The van der Waals surface area contributed by atoms with Gasteiger partial charge in [0.25, 0.3) is 0 Å². The molecule has 1 N–H and O–H groups in total. The van der Waals surface area contributed by atoms with Crippen LogP contribution < -0.4 is 14.8 Å². The largest absolute Gasteiger partial charge is 0.493 e. The van der Waals surface area contributed by atoms with Gasteiger partial charge in [-0.05, 0) is 57.6 Å². The Kier molecular flexibility index (Phi) is 6.85. The molecule has 0 spiro atoms. The van der Waals surface area contributed by atoms with Crippen LogP contribution in [0, 0.1) is 0 Å². The molecule has 1 unspecified atom stereocenters. The second-order valence-corrected chi connectivity index (χ2v) is 6.76. The minimum absolute atomic E-state index is 0.112. The average Bonchev–Trinajstić information content (AvgIpc) is 2.66. The number of rotatable bonds is 5. The van der Waals surface area contributed by atoms with Crippen molar-refractivity contribution in [2.24, 2.45) is 0 Å². The fourth-order valence-electron chi connectivity index (χ4n) is 3.17. The highest BCUT2D eigenvalue weighted by molar-refractivity contribution is 6.35. The predicted octanol–water partition coefficient (Wildman–Crippen LogP) is 1.43. The first kappa shape index (κ1) is 20.0. The first-order valence-corrected chi connectivity index (χ1v) is 8.85. The van der Waals surface area contributed by atoms with Gasteiger partial charge in [-0.25, -0.2) is 0 Å². The van der Waals surface area contributed by atoms with E-state index in [1.165, 1.54) is 0 Å². The van der Waals surface area contributed by atoms with Gasteiger partial charge in [0.1, 0.15) is 0 Å². The van der Waals surface area contributed by atoms with E-state index in [1.54, 1.807) is 38.3 Å². The van der Waals surface area contributed by atoms with Crippen molar-refractivity contribution in [1.82, 2.24) is 15.1 Å². The molecule has 1 atom stereocenters. The zero-order valence-electron chi connectivity index (χ0n) is 16.2. The summed E-state index contributed by atoms with van der Waals surface area (Å²) in [5.74, 6) is 0.120. The van der Waals surface area contributed by atoms with Crippen LogP contribution in [0.3, 0.4) is 0 Å². The summed E-state index contributed by atoms with van der Waals surface area (Å²) in [6.45, 7) is 3.71. The van der Waals surface area contributed by atoms with E-state index in [4.69, 9.17) is 9.47 Å². The Labute approximate surface area is 155 Å². The Hall–Kier alpha value is -2.28. The molecule has 7 nitrogen and oxygen atoms in total. The molecule has 2 rings (SSSR count). The topological polar surface area (TPSA) is 71.1 Å². The smallest absolute Gasteiger partial charge is 0.311 e. The van der Waals surface area contributed by atoms with E-state index in [0.717, 1.165) is 31.5 Å². The number of carbonyl (C=O) groups excluding carboxylic acids is 2. The molecular weight excluding hydrogens is 334 g/mol. The Morgan fingerprint density at radius 3 is 2.38 bits per heavy atom. The van der Waals surface area contributed by atoms with Crippen molar-refractivity contribution < 1.29 is 19.1 Å². The molecule has 26 heavy (non-hydrogen) atoms. The van der Waals surface area contributed by atoms with E-state index < -0.39 is 11.8 Å². The van der Waals surface area contributed by atoms with E-state index in [1.807, 2.05) is 13.0 Å². The van der Waals surface area contributed by atoms with Gasteiger partial charge in [-0.2, -0.15) is 0 Å². The number of carbonyl (C=O) groups is 2. The number of hydrogen-bond acceptors (Lipinski definition) is 5. The Bertz CT molecular complexity index is 642. The van der Waals surface area contributed by atoms with Crippen molar-refractivity contribution in [3.8, 4) is 11.5 Å². The van der Waals surface area contributed by atoms with Crippen molar-refractivity contribution in [2.45, 2.75) is 31.8 Å².